The Morgan fingerprint density at radius 1 is 1.19 bits per heavy atom. The molecule has 1 rings (SSSR count). The molecular formula is C19H25NO6. The summed E-state index contributed by atoms with van der Waals surface area (Å²) >= 11 is 0. The average Bonchev–Trinajstić information content (AvgIpc) is 2.55. The number of alkyl carbamates (subject to hydrolysis) is 1. The fourth-order valence-electron chi connectivity index (χ4n) is 2.06. The van der Waals surface area contributed by atoms with E-state index in [0.717, 1.165) is 11.6 Å². The second-order valence-electron chi connectivity index (χ2n) is 6.75. The molecule has 0 saturated carbocycles. The molecular weight excluding hydrogens is 338 g/mol. The number of carbonyl (C=O) groups is 3. The van der Waals surface area contributed by atoms with Crippen molar-refractivity contribution in [2.45, 2.75) is 51.4 Å². The van der Waals surface area contributed by atoms with Crippen molar-refractivity contribution in [3.05, 3.63) is 48.6 Å². The number of esters is 1. The number of carboxylic acid groups (broad SMARTS) is 1. The minimum atomic E-state index is -1.83. The van der Waals surface area contributed by atoms with Crippen molar-refractivity contribution in [2.24, 2.45) is 0 Å². The zero-order valence-corrected chi connectivity index (χ0v) is 15.3. The zero-order chi connectivity index (χ0) is 19.8. The van der Waals surface area contributed by atoms with E-state index >= 15 is 0 Å². The fraction of sp³-hybridized carbons (Fsp3) is 0.421. The quantitative estimate of drug-likeness (QED) is 0.544. The largest absolute Gasteiger partial charge is 0.479 e. The summed E-state index contributed by atoms with van der Waals surface area (Å²) in [7, 11) is 0. The smallest absolute Gasteiger partial charge is 0.408 e. The van der Waals surface area contributed by atoms with Crippen LogP contribution in [0.4, 0.5) is 4.79 Å². The molecule has 0 aliphatic rings. The van der Waals surface area contributed by atoms with Gasteiger partial charge in [0.05, 0.1) is 0 Å². The number of aliphatic carboxylic acids is 1. The maximum absolute atomic E-state index is 11.9. The number of benzene rings is 1. The molecule has 0 aliphatic carbocycles. The molecule has 0 saturated heterocycles. The Kier molecular flexibility index (Phi) is 7.37. The summed E-state index contributed by atoms with van der Waals surface area (Å²) in [6, 6.07) is 9.10. The van der Waals surface area contributed by atoms with E-state index in [2.05, 4.69) is 11.9 Å². The van der Waals surface area contributed by atoms with Crippen LogP contribution in [0.15, 0.2) is 43.0 Å². The molecule has 0 bridgehead atoms. The number of hydrogen-bond acceptors (Lipinski definition) is 5. The summed E-state index contributed by atoms with van der Waals surface area (Å²) in [4.78, 5) is 35.5. The van der Waals surface area contributed by atoms with E-state index in [4.69, 9.17) is 9.47 Å². The third-order valence-electron chi connectivity index (χ3n) is 3.42. The maximum Gasteiger partial charge on any atom is 0.408 e. The highest BCUT2D eigenvalue weighted by atomic mass is 16.6. The molecule has 0 heterocycles. The molecule has 7 heteroatoms. The molecule has 0 fully saturated rings. The standard InChI is InChI=1S/C19H25NO6/c1-5-19(16(22)23,20-17(24)26-18(2,3)4)12-11-15(21)25-13-14-9-7-6-8-10-14/h5-10H,1,11-13H2,2-4H3,(H,20,24)(H,22,23)/t19-/m0/s1. The van der Waals surface area contributed by atoms with Gasteiger partial charge < -0.3 is 19.9 Å². The summed E-state index contributed by atoms with van der Waals surface area (Å²) in [5.74, 6) is -1.92. The maximum atomic E-state index is 11.9. The van der Waals surface area contributed by atoms with Crippen molar-refractivity contribution >= 4 is 18.0 Å². The first-order valence-electron chi connectivity index (χ1n) is 8.16. The predicted molar refractivity (Wildman–Crippen MR) is 95.4 cm³/mol. The van der Waals surface area contributed by atoms with Crippen LogP contribution in [0.3, 0.4) is 0 Å². The monoisotopic (exact) mass is 363 g/mol. The second kappa shape index (κ2) is 9.03. The van der Waals surface area contributed by atoms with Crippen molar-refractivity contribution < 1.29 is 29.0 Å². The van der Waals surface area contributed by atoms with Gasteiger partial charge in [-0.25, -0.2) is 9.59 Å². The normalized spacial score (nSPS) is 13.2. The van der Waals surface area contributed by atoms with Gasteiger partial charge >= 0.3 is 18.0 Å². The highest BCUT2D eigenvalue weighted by molar-refractivity contribution is 5.87. The second-order valence-corrected chi connectivity index (χ2v) is 6.75. The zero-order valence-electron chi connectivity index (χ0n) is 15.3. The number of carbonyl (C=O) groups excluding carboxylic acids is 2. The first-order valence-corrected chi connectivity index (χ1v) is 8.16. The summed E-state index contributed by atoms with van der Waals surface area (Å²) in [5, 5.41) is 11.8. The highest BCUT2D eigenvalue weighted by Crippen LogP contribution is 2.18. The average molecular weight is 363 g/mol. The van der Waals surface area contributed by atoms with Crippen LogP contribution in [-0.4, -0.2) is 34.3 Å². The van der Waals surface area contributed by atoms with Crippen molar-refractivity contribution in [3.8, 4) is 0 Å². The SMILES string of the molecule is C=C[C@@](CCC(=O)OCc1ccccc1)(NC(=O)OC(C)(C)C)C(=O)O. The number of ether oxygens (including phenoxy) is 2. The Morgan fingerprint density at radius 2 is 1.81 bits per heavy atom. The van der Waals surface area contributed by atoms with Gasteiger partial charge in [0.1, 0.15) is 12.2 Å². The van der Waals surface area contributed by atoms with E-state index < -0.39 is 29.2 Å². The number of carboxylic acids is 1. The van der Waals surface area contributed by atoms with Crippen LogP contribution < -0.4 is 5.32 Å². The van der Waals surface area contributed by atoms with Gasteiger partial charge in [-0.3, -0.25) is 4.79 Å². The summed E-state index contributed by atoms with van der Waals surface area (Å²) in [6.07, 6.45) is -0.249. The number of hydrogen-bond donors (Lipinski definition) is 2. The molecule has 1 aromatic rings. The molecule has 1 amide bonds. The Balaban J connectivity index is 2.66. The molecule has 1 aromatic carbocycles. The van der Waals surface area contributed by atoms with Gasteiger partial charge in [-0.1, -0.05) is 36.4 Å². The molecule has 26 heavy (non-hydrogen) atoms. The van der Waals surface area contributed by atoms with Crippen LogP contribution in [0.5, 0.6) is 0 Å². The van der Waals surface area contributed by atoms with Gasteiger partial charge in [-0.15, -0.1) is 6.58 Å². The van der Waals surface area contributed by atoms with Gasteiger partial charge in [0, 0.05) is 6.42 Å². The summed E-state index contributed by atoms with van der Waals surface area (Å²) in [6.45, 7) is 8.53. The molecule has 142 valence electrons. The van der Waals surface area contributed by atoms with Gasteiger partial charge in [0.25, 0.3) is 0 Å². The third-order valence-corrected chi connectivity index (χ3v) is 3.42. The lowest BCUT2D eigenvalue weighted by Crippen LogP contribution is -2.54. The molecule has 0 radical (unpaired) electrons. The van der Waals surface area contributed by atoms with Gasteiger partial charge in [0.2, 0.25) is 0 Å². The van der Waals surface area contributed by atoms with Crippen LogP contribution in [-0.2, 0) is 25.7 Å². The lowest BCUT2D eigenvalue weighted by molar-refractivity contribution is -0.147. The van der Waals surface area contributed by atoms with Gasteiger partial charge in [-0.05, 0) is 32.8 Å². The predicted octanol–water partition coefficient (Wildman–Crippen LogP) is 3.04. The first-order chi connectivity index (χ1) is 12.1. The van der Waals surface area contributed by atoms with E-state index in [1.165, 1.54) is 0 Å². The van der Waals surface area contributed by atoms with E-state index in [0.29, 0.717) is 0 Å². The molecule has 0 aromatic heterocycles. The van der Waals surface area contributed by atoms with E-state index in [1.54, 1.807) is 20.8 Å². The first kappa shape index (κ1) is 21.2. The van der Waals surface area contributed by atoms with Crippen LogP contribution in [0, 0.1) is 0 Å². The minimum absolute atomic E-state index is 0.0906. The Labute approximate surface area is 153 Å². The van der Waals surface area contributed by atoms with Crippen LogP contribution in [0.2, 0.25) is 0 Å². The van der Waals surface area contributed by atoms with E-state index in [-0.39, 0.29) is 19.4 Å². The lowest BCUT2D eigenvalue weighted by Gasteiger charge is -2.28. The lowest BCUT2D eigenvalue weighted by atomic mass is 9.93. The Hall–Kier alpha value is -2.83. The van der Waals surface area contributed by atoms with E-state index in [1.807, 2.05) is 30.3 Å². The highest BCUT2D eigenvalue weighted by Gasteiger charge is 2.39. The van der Waals surface area contributed by atoms with Crippen molar-refractivity contribution in [1.82, 2.24) is 5.32 Å². The van der Waals surface area contributed by atoms with Crippen LogP contribution >= 0.6 is 0 Å². The number of nitrogens with one attached hydrogen (secondary N) is 1. The van der Waals surface area contributed by atoms with E-state index in [9.17, 15) is 19.5 Å². The number of rotatable bonds is 8. The Bertz CT molecular complexity index is 650. The van der Waals surface area contributed by atoms with Crippen molar-refractivity contribution in [2.75, 3.05) is 0 Å². The van der Waals surface area contributed by atoms with Crippen molar-refractivity contribution in [1.29, 1.82) is 0 Å². The van der Waals surface area contributed by atoms with Crippen molar-refractivity contribution in [3.63, 3.8) is 0 Å². The molecule has 0 unspecified atom stereocenters. The minimum Gasteiger partial charge on any atom is -0.479 e. The molecule has 0 spiro atoms. The van der Waals surface area contributed by atoms with Gasteiger partial charge in [-0.2, -0.15) is 0 Å². The topological polar surface area (TPSA) is 102 Å². The fourth-order valence-corrected chi connectivity index (χ4v) is 2.06. The summed E-state index contributed by atoms with van der Waals surface area (Å²) < 4.78 is 10.2. The Morgan fingerprint density at radius 3 is 2.31 bits per heavy atom. The molecule has 0 aliphatic heterocycles. The molecule has 2 N–H and O–H groups in total. The molecule has 7 nitrogen and oxygen atoms in total. The van der Waals surface area contributed by atoms with Gasteiger partial charge in [0.15, 0.2) is 5.54 Å². The molecule has 1 atom stereocenters. The number of amides is 1. The van der Waals surface area contributed by atoms with Crippen LogP contribution in [0.1, 0.15) is 39.2 Å². The van der Waals surface area contributed by atoms with Crippen LogP contribution in [0.25, 0.3) is 0 Å². The third kappa shape index (κ3) is 6.96. The summed E-state index contributed by atoms with van der Waals surface area (Å²) in [5.41, 5.74) is -1.79.